The Bertz CT molecular complexity index is 861. The zero-order valence-electron chi connectivity index (χ0n) is 14.3. The van der Waals surface area contributed by atoms with E-state index in [-0.39, 0.29) is 0 Å². The molecule has 0 spiro atoms. The van der Waals surface area contributed by atoms with Crippen molar-refractivity contribution >= 4 is 34.7 Å². The van der Waals surface area contributed by atoms with Gasteiger partial charge in [-0.2, -0.15) is 4.98 Å². The molecule has 5 nitrogen and oxygen atoms in total. The van der Waals surface area contributed by atoms with E-state index in [1.807, 2.05) is 50.2 Å². The van der Waals surface area contributed by atoms with Crippen molar-refractivity contribution < 1.29 is 4.74 Å². The Kier molecular flexibility index (Phi) is 5.05. The summed E-state index contributed by atoms with van der Waals surface area (Å²) in [4.78, 5) is 8.90. The number of anilines is 4. The highest BCUT2D eigenvalue weighted by Crippen LogP contribution is 2.32. The largest absolute Gasteiger partial charge is 0.495 e. The third-order valence-electron chi connectivity index (χ3n) is 3.70. The summed E-state index contributed by atoms with van der Waals surface area (Å²) in [6.07, 6.45) is 1.78. The van der Waals surface area contributed by atoms with Crippen LogP contribution in [0, 0.1) is 13.8 Å². The van der Waals surface area contributed by atoms with Gasteiger partial charge in [-0.05, 0) is 43.7 Å². The van der Waals surface area contributed by atoms with Crippen molar-refractivity contribution in [2.24, 2.45) is 0 Å². The number of benzene rings is 2. The first kappa shape index (κ1) is 17.0. The first-order valence-electron chi connectivity index (χ1n) is 7.83. The predicted molar refractivity (Wildman–Crippen MR) is 103 cm³/mol. The van der Waals surface area contributed by atoms with E-state index in [0.717, 1.165) is 28.3 Å². The fourth-order valence-corrected chi connectivity index (χ4v) is 2.82. The van der Waals surface area contributed by atoms with E-state index < -0.39 is 0 Å². The van der Waals surface area contributed by atoms with E-state index in [1.54, 1.807) is 19.4 Å². The molecule has 0 saturated carbocycles. The zero-order chi connectivity index (χ0) is 17.8. The summed E-state index contributed by atoms with van der Waals surface area (Å²) in [5.74, 6) is 1.91. The van der Waals surface area contributed by atoms with E-state index >= 15 is 0 Å². The molecule has 0 unspecified atom stereocenters. The quantitative estimate of drug-likeness (QED) is 0.656. The minimum atomic E-state index is 0.490. The molecule has 1 aromatic heterocycles. The van der Waals surface area contributed by atoms with Crippen LogP contribution in [0.3, 0.4) is 0 Å². The lowest BCUT2D eigenvalue weighted by atomic mass is 10.2. The van der Waals surface area contributed by atoms with Gasteiger partial charge in [0, 0.05) is 23.1 Å². The number of methoxy groups -OCH3 is 1. The zero-order valence-corrected chi connectivity index (χ0v) is 15.1. The molecule has 0 aliphatic carbocycles. The highest BCUT2D eigenvalue weighted by Gasteiger charge is 2.09. The minimum Gasteiger partial charge on any atom is -0.495 e. The van der Waals surface area contributed by atoms with Gasteiger partial charge in [-0.15, -0.1) is 0 Å². The molecule has 128 valence electrons. The van der Waals surface area contributed by atoms with E-state index in [0.29, 0.717) is 16.7 Å². The van der Waals surface area contributed by atoms with Gasteiger partial charge < -0.3 is 15.4 Å². The number of nitrogens with zero attached hydrogens (tertiary/aromatic N) is 2. The number of ether oxygens (including phenoxy) is 1. The first-order chi connectivity index (χ1) is 12.1. The molecule has 2 aromatic carbocycles. The Morgan fingerprint density at radius 1 is 0.960 bits per heavy atom. The van der Waals surface area contributed by atoms with Crippen LogP contribution in [0.15, 0.2) is 48.7 Å². The average molecular weight is 355 g/mol. The number of aryl methyl sites for hydroxylation is 2. The Labute approximate surface area is 152 Å². The van der Waals surface area contributed by atoms with Crippen molar-refractivity contribution in [1.82, 2.24) is 9.97 Å². The minimum absolute atomic E-state index is 0.490. The SMILES string of the molecule is COc1c(C)cc(Nc2ncc(C)c(Nc3ccccc3)n2)cc1Cl. The summed E-state index contributed by atoms with van der Waals surface area (Å²) < 4.78 is 5.28. The van der Waals surface area contributed by atoms with Crippen LogP contribution in [0.25, 0.3) is 0 Å². The van der Waals surface area contributed by atoms with Crippen molar-refractivity contribution in [3.63, 3.8) is 0 Å². The normalized spacial score (nSPS) is 10.4. The summed E-state index contributed by atoms with van der Waals surface area (Å²) in [6.45, 7) is 3.90. The molecule has 0 aliphatic rings. The number of nitrogens with one attached hydrogen (secondary N) is 2. The standard InChI is InChI=1S/C19H19ClN4O/c1-12-9-15(10-16(20)17(12)25-3)23-19-21-11-13(2)18(24-19)22-14-7-5-4-6-8-14/h4-11H,1-3H3,(H2,21,22,23,24). The molecule has 25 heavy (non-hydrogen) atoms. The molecule has 6 heteroatoms. The maximum Gasteiger partial charge on any atom is 0.229 e. The van der Waals surface area contributed by atoms with Gasteiger partial charge in [0.2, 0.25) is 5.95 Å². The van der Waals surface area contributed by atoms with Crippen molar-refractivity contribution in [2.45, 2.75) is 13.8 Å². The Hall–Kier alpha value is -2.79. The second-order valence-electron chi connectivity index (χ2n) is 5.65. The molecule has 0 saturated heterocycles. The summed E-state index contributed by atoms with van der Waals surface area (Å²) in [6, 6.07) is 13.6. The summed E-state index contributed by atoms with van der Waals surface area (Å²) in [5.41, 5.74) is 3.67. The molecule has 0 bridgehead atoms. The maximum atomic E-state index is 6.25. The lowest BCUT2D eigenvalue weighted by molar-refractivity contribution is 0.412. The molecule has 0 atom stereocenters. The predicted octanol–water partition coefficient (Wildman–Crippen LogP) is 5.24. The molecule has 0 radical (unpaired) electrons. The summed E-state index contributed by atoms with van der Waals surface area (Å²) in [5, 5.41) is 7.03. The number of aromatic nitrogens is 2. The van der Waals surface area contributed by atoms with Crippen LogP contribution in [-0.4, -0.2) is 17.1 Å². The van der Waals surface area contributed by atoms with Crippen molar-refractivity contribution in [3.05, 3.63) is 64.8 Å². The van der Waals surface area contributed by atoms with Gasteiger partial charge in [0.25, 0.3) is 0 Å². The number of halogens is 1. The molecule has 0 aliphatic heterocycles. The van der Waals surface area contributed by atoms with Crippen LogP contribution in [0.2, 0.25) is 5.02 Å². The lowest BCUT2D eigenvalue weighted by Crippen LogP contribution is -2.03. The molecule has 1 heterocycles. The van der Waals surface area contributed by atoms with Crippen LogP contribution in [0.4, 0.5) is 23.1 Å². The fourth-order valence-electron chi connectivity index (χ4n) is 2.48. The highest BCUT2D eigenvalue weighted by atomic mass is 35.5. The van der Waals surface area contributed by atoms with Crippen LogP contribution in [0.5, 0.6) is 5.75 Å². The van der Waals surface area contributed by atoms with Crippen LogP contribution >= 0.6 is 11.6 Å². The van der Waals surface area contributed by atoms with Gasteiger partial charge in [0.05, 0.1) is 12.1 Å². The molecule has 3 aromatic rings. The number of hydrogen-bond donors (Lipinski definition) is 2. The van der Waals surface area contributed by atoms with Crippen molar-refractivity contribution in [2.75, 3.05) is 17.7 Å². The lowest BCUT2D eigenvalue weighted by Gasteiger charge is -2.13. The topological polar surface area (TPSA) is 59.1 Å². The number of rotatable bonds is 5. The van der Waals surface area contributed by atoms with Gasteiger partial charge >= 0.3 is 0 Å². The highest BCUT2D eigenvalue weighted by molar-refractivity contribution is 6.32. The van der Waals surface area contributed by atoms with Gasteiger partial charge in [0.1, 0.15) is 11.6 Å². The Morgan fingerprint density at radius 3 is 2.40 bits per heavy atom. The van der Waals surface area contributed by atoms with Gasteiger partial charge in [-0.1, -0.05) is 29.8 Å². The first-order valence-corrected chi connectivity index (χ1v) is 8.21. The fraction of sp³-hybridized carbons (Fsp3) is 0.158. The van der Waals surface area contributed by atoms with E-state index in [1.165, 1.54) is 0 Å². The van der Waals surface area contributed by atoms with Crippen LogP contribution in [-0.2, 0) is 0 Å². The summed E-state index contributed by atoms with van der Waals surface area (Å²) in [7, 11) is 1.60. The monoisotopic (exact) mass is 354 g/mol. The number of para-hydroxylation sites is 1. The van der Waals surface area contributed by atoms with Crippen LogP contribution < -0.4 is 15.4 Å². The van der Waals surface area contributed by atoms with Gasteiger partial charge in [0.15, 0.2) is 0 Å². The summed E-state index contributed by atoms with van der Waals surface area (Å²) >= 11 is 6.25. The maximum absolute atomic E-state index is 6.25. The third-order valence-corrected chi connectivity index (χ3v) is 3.98. The molecular weight excluding hydrogens is 336 g/mol. The van der Waals surface area contributed by atoms with Crippen molar-refractivity contribution in [3.8, 4) is 5.75 Å². The van der Waals surface area contributed by atoms with Crippen LogP contribution in [0.1, 0.15) is 11.1 Å². The molecule has 3 rings (SSSR count). The van der Waals surface area contributed by atoms with E-state index in [4.69, 9.17) is 16.3 Å². The molecule has 0 fully saturated rings. The average Bonchev–Trinajstić information content (AvgIpc) is 2.59. The molecule has 2 N–H and O–H groups in total. The smallest absolute Gasteiger partial charge is 0.229 e. The van der Waals surface area contributed by atoms with Crippen molar-refractivity contribution in [1.29, 1.82) is 0 Å². The Balaban J connectivity index is 1.85. The second-order valence-corrected chi connectivity index (χ2v) is 6.06. The Morgan fingerprint density at radius 2 is 1.72 bits per heavy atom. The third kappa shape index (κ3) is 4.00. The second kappa shape index (κ2) is 7.40. The number of hydrogen-bond acceptors (Lipinski definition) is 5. The van der Waals surface area contributed by atoms with E-state index in [9.17, 15) is 0 Å². The van der Waals surface area contributed by atoms with E-state index in [2.05, 4.69) is 20.6 Å². The van der Waals surface area contributed by atoms with Gasteiger partial charge in [-0.25, -0.2) is 4.98 Å². The molecular formula is C19H19ClN4O. The molecule has 0 amide bonds. The van der Waals surface area contributed by atoms with Gasteiger partial charge in [-0.3, -0.25) is 0 Å².